The first-order valence-corrected chi connectivity index (χ1v) is 7.04. The number of aromatic amines is 1. The molecule has 0 fully saturated rings. The third-order valence-electron chi connectivity index (χ3n) is 2.79. The van der Waals surface area contributed by atoms with Gasteiger partial charge >= 0.3 is 5.97 Å². The highest BCUT2D eigenvalue weighted by molar-refractivity contribution is 14.1. The van der Waals surface area contributed by atoms with Gasteiger partial charge in [-0.3, -0.25) is 4.79 Å². The summed E-state index contributed by atoms with van der Waals surface area (Å²) in [6.45, 7) is 0. The lowest BCUT2D eigenvalue weighted by Crippen LogP contribution is -2.42. The SMILES string of the molecule is O=C(N[C@H](Cc1cnc[nH]1)C(=O)O)c1cc(I)ccc1O. The molecule has 0 aliphatic carbocycles. The highest BCUT2D eigenvalue weighted by atomic mass is 127. The fourth-order valence-corrected chi connectivity index (χ4v) is 2.23. The van der Waals surface area contributed by atoms with Crippen LogP contribution in [0.3, 0.4) is 0 Å². The van der Waals surface area contributed by atoms with E-state index < -0.39 is 17.9 Å². The highest BCUT2D eigenvalue weighted by Crippen LogP contribution is 2.19. The molecule has 1 atom stereocenters. The number of aromatic hydroxyl groups is 1. The number of imidazole rings is 1. The van der Waals surface area contributed by atoms with Gasteiger partial charge in [0.1, 0.15) is 11.8 Å². The van der Waals surface area contributed by atoms with E-state index in [1.807, 2.05) is 22.6 Å². The summed E-state index contributed by atoms with van der Waals surface area (Å²) in [5.41, 5.74) is 0.632. The Morgan fingerprint density at radius 3 is 2.81 bits per heavy atom. The van der Waals surface area contributed by atoms with Crippen molar-refractivity contribution in [2.24, 2.45) is 0 Å². The Labute approximate surface area is 133 Å². The molecule has 8 heteroatoms. The highest BCUT2D eigenvalue weighted by Gasteiger charge is 2.23. The predicted octanol–water partition coefficient (Wildman–Crippen LogP) is 1.15. The minimum absolute atomic E-state index is 0.0396. The number of hydrogen-bond acceptors (Lipinski definition) is 4. The number of carboxylic acid groups (broad SMARTS) is 1. The molecule has 0 saturated carbocycles. The Kier molecular flexibility index (Phi) is 4.78. The lowest BCUT2D eigenvalue weighted by atomic mass is 10.1. The summed E-state index contributed by atoms with van der Waals surface area (Å²) in [6, 6.07) is 3.41. The number of H-pyrrole nitrogens is 1. The molecule has 0 bridgehead atoms. The smallest absolute Gasteiger partial charge is 0.326 e. The Morgan fingerprint density at radius 1 is 1.43 bits per heavy atom. The summed E-state index contributed by atoms with van der Waals surface area (Å²) in [5, 5.41) is 21.3. The van der Waals surface area contributed by atoms with Gasteiger partial charge in [0.15, 0.2) is 0 Å². The average molecular weight is 401 g/mol. The molecule has 1 aromatic carbocycles. The number of amides is 1. The second kappa shape index (κ2) is 6.57. The third kappa shape index (κ3) is 3.94. The van der Waals surface area contributed by atoms with Gasteiger partial charge in [-0.2, -0.15) is 0 Å². The van der Waals surface area contributed by atoms with Crippen molar-refractivity contribution in [1.29, 1.82) is 0 Å². The molecule has 0 saturated heterocycles. The van der Waals surface area contributed by atoms with E-state index in [0.29, 0.717) is 5.69 Å². The Hall–Kier alpha value is -2.10. The molecule has 0 radical (unpaired) electrons. The largest absolute Gasteiger partial charge is 0.507 e. The first-order valence-electron chi connectivity index (χ1n) is 5.97. The van der Waals surface area contributed by atoms with Crippen LogP contribution in [0.1, 0.15) is 16.1 Å². The van der Waals surface area contributed by atoms with Crippen molar-refractivity contribution in [2.45, 2.75) is 12.5 Å². The van der Waals surface area contributed by atoms with Gasteiger partial charge < -0.3 is 20.5 Å². The summed E-state index contributed by atoms with van der Waals surface area (Å²) in [6.07, 6.45) is 3.00. The number of carbonyl (C=O) groups excluding carboxylic acids is 1. The average Bonchev–Trinajstić information content (AvgIpc) is 2.93. The van der Waals surface area contributed by atoms with Gasteiger partial charge in [-0.05, 0) is 40.8 Å². The van der Waals surface area contributed by atoms with Crippen LogP contribution in [0.5, 0.6) is 5.75 Å². The number of rotatable bonds is 5. The number of aromatic nitrogens is 2. The van der Waals surface area contributed by atoms with E-state index in [4.69, 9.17) is 0 Å². The minimum Gasteiger partial charge on any atom is -0.507 e. The predicted molar refractivity (Wildman–Crippen MR) is 82.0 cm³/mol. The van der Waals surface area contributed by atoms with Crippen LogP contribution < -0.4 is 5.32 Å². The number of carboxylic acids is 1. The zero-order valence-electron chi connectivity index (χ0n) is 10.7. The van der Waals surface area contributed by atoms with E-state index in [-0.39, 0.29) is 17.7 Å². The molecule has 2 aromatic rings. The third-order valence-corrected chi connectivity index (χ3v) is 3.46. The molecule has 1 amide bonds. The van der Waals surface area contributed by atoms with Gasteiger partial charge in [0.05, 0.1) is 11.9 Å². The number of nitrogens with one attached hydrogen (secondary N) is 2. The summed E-state index contributed by atoms with van der Waals surface area (Å²) in [5.74, 6) is -2.00. The van der Waals surface area contributed by atoms with Gasteiger partial charge in [0, 0.05) is 21.9 Å². The van der Waals surface area contributed by atoms with Crippen LogP contribution in [0.4, 0.5) is 0 Å². The van der Waals surface area contributed by atoms with Crippen LogP contribution in [-0.4, -0.2) is 38.1 Å². The Bertz CT molecular complexity index is 657. The summed E-state index contributed by atoms with van der Waals surface area (Å²) < 4.78 is 0.760. The standard InChI is InChI=1S/C13H12IN3O4/c14-7-1-2-11(18)9(3-7)12(19)17-10(13(20)21)4-8-5-15-6-16-8/h1-3,5-6,10,18H,4H2,(H,15,16)(H,17,19)(H,20,21)/t10-/m1/s1. The number of aliphatic carboxylic acids is 1. The molecule has 0 spiro atoms. The molecule has 21 heavy (non-hydrogen) atoms. The van der Waals surface area contributed by atoms with Gasteiger partial charge in [-0.1, -0.05) is 0 Å². The monoisotopic (exact) mass is 401 g/mol. The van der Waals surface area contributed by atoms with Crippen LogP contribution in [0, 0.1) is 3.57 Å². The molecule has 7 nitrogen and oxygen atoms in total. The molecule has 0 aliphatic heterocycles. The summed E-state index contributed by atoms with van der Waals surface area (Å²) >= 11 is 2.00. The molecular weight excluding hydrogens is 389 g/mol. The number of phenolic OH excluding ortho intramolecular Hbond substituents is 1. The fraction of sp³-hybridized carbons (Fsp3) is 0.154. The van der Waals surface area contributed by atoms with Crippen LogP contribution in [0.2, 0.25) is 0 Å². The lowest BCUT2D eigenvalue weighted by molar-refractivity contribution is -0.139. The van der Waals surface area contributed by atoms with Crippen LogP contribution in [-0.2, 0) is 11.2 Å². The van der Waals surface area contributed by atoms with Crippen molar-refractivity contribution in [3.05, 3.63) is 45.6 Å². The van der Waals surface area contributed by atoms with Crippen molar-refractivity contribution in [3.8, 4) is 5.75 Å². The number of carbonyl (C=O) groups is 2. The maximum atomic E-state index is 12.1. The van der Waals surface area contributed by atoms with Crippen molar-refractivity contribution in [1.82, 2.24) is 15.3 Å². The first-order chi connectivity index (χ1) is 9.97. The number of benzene rings is 1. The molecule has 4 N–H and O–H groups in total. The molecule has 110 valence electrons. The van der Waals surface area contributed by atoms with Gasteiger partial charge in [0.25, 0.3) is 5.91 Å². The molecule has 0 unspecified atom stereocenters. The van der Waals surface area contributed by atoms with E-state index in [9.17, 15) is 19.8 Å². The Morgan fingerprint density at radius 2 is 2.19 bits per heavy atom. The quantitative estimate of drug-likeness (QED) is 0.561. The molecule has 1 aromatic heterocycles. The van der Waals surface area contributed by atoms with E-state index in [1.165, 1.54) is 24.7 Å². The maximum Gasteiger partial charge on any atom is 0.326 e. The van der Waals surface area contributed by atoms with Crippen LogP contribution in [0.25, 0.3) is 0 Å². The van der Waals surface area contributed by atoms with E-state index >= 15 is 0 Å². The number of halogens is 1. The number of phenols is 1. The molecule has 0 aliphatic rings. The fourth-order valence-electron chi connectivity index (χ4n) is 1.74. The van der Waals surface area contributed by atoms with E-state index in [2.05, 4.69) is 15.3 Å². The van der Waals surface area contributed by atoms with Crippen molar-refractivity contribution in [2.75, 3.05) is 0 Å². The molecule has 1 heterocycles. The van der Waals surface area contributed by atoms with Crippen LogP contribution >= 0.6 is 22.6 Å². The zero-order valence-corrected chi connectivity index (χ0v) is 12.9. The Balaban J connectivity index is 2.14. The van der Waals surface area contributed by atoms with Crippen molar-refractivity contribution < 1.29 is 19.8 Å². The molecule has 2 rings (SSSR count). The van der Waals surface area contributed by atoms with Gasteiger partial charge in [0.2, 0.25) is 0 Å². The topological polar surface area (TPSA) is 115 Å². The normalized spacial score (nSPS) is 11.9. The maximum absolute atomic E-state index is 12.1. The van der Waals surface area contributed by atoms with Crippen molar-refractivity contribution >= 4 is 34.5 Å². The van der Waals surface area contributed by atoms with E-state index in [0.717, 1.165) is 3.57 Å². The summed E-state index contributed by atoms with van der Waals surface area (Å²) in [4.78, 5) is 29.9. The van der Waals surface area contributed by atoms with Crippen LogP contribution in [0.15, 0.2) is 30.7 Å². The first kappa shape index (κ1) is 15.3. The molecular formula is C13H12IN3O4. The second-order valence-electron chi connectivity index (χ2n) is 4.31. The number of hydrogen-bond donors (Lipinski definition) is 4. The van der Waals surface area contributed by atoms with Crippen molar-refractivity contribution in [3.63, 3.8) is 0 Å². The lowest BCUT2D eigenvalue weighted by Gasteiger charge is -2.14. The van der Waals surface area contributed by atoms with Gasteiger partial charge in [-0.15, -0.1) is 0 Å². The number of nitrogens with zero attached hydrogens (tertiary/aromatic N) is 1. The minimum atomic E-state index is -1.16. The second-order valence-corrected chi connectivity index (χ2v) is 5.55. The zero-order chi connectivity index (χ0) is 15.4. The van der Waals surface area contributed by atoms with E-state index in [1.54, 1.807) is 6.07 Å². The summed E-state index contributed by atoms with van der Waals surface area (Å²) in [7, 11) is 0. The van der Waals surface area contributed by atoms with Gasteiger partial charge in [-0.25, -0.2) is 9.78 Å².